The van der Waals surface area contributed by atoms with Crippen molar-refractivity contribution in [3.05, 3.63) is 101 Å². The first-order valence-corrected chi connectivity index (χ1v) is 12.0. The van der Waals surface area contributed by atoms with Crippen LogP contribution in [-0.2, 0) is 13.0 Å². The molecule has 176 valence electrons. The van der Waals surface area contributed by atoms with Crippen molar-refractivity contribution in [2.45, 2.75) is 38.6 Å². The second kappa shape index (κ2) is 11.0. The second-order valence-electron chi connectivity index (χ2n) is 8.80. The third-order valence-corrected chi connectivity index (χ3v) is 6.55. The van der Waals surface area contributed by atoms with Crippen LogP contribution in [0.25, 0.3) is 0 Å². The molecule has 5 heteroatoms. The standard InChI is InChI=1S/C29H32N2O3/c1-3-21-9-11-22(12-10-21)19-30-28(32)25-7-4-6-24(18-25)26-8-5-17-31(20-26)29(33)23-13-15-27(34-2)16-14-23/h4,6-7,9-16,18,26H,3,5,8,17,19-20H2,1-2H3,(H,30,32)/t26-/m0/s1. The highest BCUT2D eigenvalue weighted by Crippen LogP contribution is 2.28. The summed E-state index contributed by atoms with van der Waals surface area (Å²) in [6.07, 6.45) is 2.95. The van der Waals surface area contributed by atoms with Crippen molar-refractivity contribution < 1.29 is 14.3 Å². The molecule has 3 aromatic rings. The minimum atomic E-state index is -0.0802. The molecular formula is C29H32N2O3. The van der Waals surface area contributed by atoms with E-state index in [0.717, 1.165) is 42.7 Å². The lowest BCUT2D eigenvalue weighted by Gasteiger charge is -2.33. The maximum Gasteiger partial charge on any atom is 0.253 e. The number of hydrogen-bond acceptors (Lipinski definition) is 3. The van der Waals surface area contributed by atoms with Crippen LogP contribution in [0.1, 0.15) is 63.1 Å². The lowest BCUT2D eigenvalue weighted by Crippen LogP contribution is -2.39. The second-order valence-corrected chi connectivity index (χ2v) is 8.80. The van der Waals surface area contributed by atoms with Crippen molar-refractivity contribution >= 4 is 11.8 Å². The monoisotopic (exact) mass is 456 g/mol. The highest BCUT2D eigenvalue weighted by atomic mass is 16.5. The molecule has 1 aliphatic rings. The van der Waals surface area contributed by atoms with Crippen LogP contribution in [-0.4, -0.2) is 36.9 Å². The molecule has 0 saturated carbocycles. The van der Waals surface area contributed by atoms with Crippen LogP contribution in [0, 0.1) is 0 Å². The van der Waals surface area contributed by atoms with Crippen molar-refractivity contribution in [1.82, 2.24) is 10.2 Å². The fourth-order valence-corrected chi connectivity index (χ4v) is 4.46. The Hall–Kier alpha value is -3.60. The maximum absolute atomic E-state index is 13.0. The smallest absolute Gasteiger partial charge is 0.253 e. The van der Waals surface area contributed by atoms with Crippen LogP contribution in [0.15, 0.2) is 72.8 Å². The number of likely N-dealkylation sites (tertiary alicyclic amines) is 1. The Morgan fingerprint density at radius 3 is 2.41 bits per heavy atom. The lowest BCUT2D eigenvalue weighted by molar-refractivity contribution is 0.0706. The number of piperidine rings is 1. The van der Waals surface area contributed by atoms with E-state index in [-0.39, 0.29) is 17.7 Å². The summed E-state index contributed by atoms with van der Waals surface area (Å²) in [6, 6.07) is 23.4. The normalized spacial score (nSPS) is 15.6. The molecule has 1 aliphatic heterocycles. The van der Waals surface area contributed by atoms with Crippen molar-refractivity contribution in [3.8, 4) is 5.75 Å². The van der Waals surface area contributed by atoms with E-state index in [1.807, 2.05) is 47.4 Å². The first-order chi connectivity index (χ1) is 16.6. The average Bonchev–Trinajstić information content (AvgIpc) is 2.91. The molecule has 1 heterocycles. The van der Waals surface area contributed by atoms with E-state index in [1.165, 1.54) is 5.56 Å². The van der Waals surface area contributed by atoms with E-state index in [2.05, 4.69) is 42.6 Å². The zero-order valence-electron chi connectivity index (χ0n) is 19.9. The molecule has 0 radical (unpaired) electrons. The van der Waals surface area contributed by atoms with E-state index >= 15 is 0 Å². The van der Waals surface area contributed by atoms with Crippen LogP contribution in [0.3, 0.4) is 0 Å². The van der Waals surface area contributed by atoms with Crippen LogP contribution in [0.5, 0.6) is 5.75 Å². The van der Waals surface area contributed by atoms with Gasteiger partial charge >= 0.3 is 0 Å². The number of rotatable bonds is 7. The molecule has 4 rings (SSSR count). The zero-order valence-corrected chi connectivity index (χ0v) is 19.9. The molecule has 0 spiro atoms. The summed E-state index contributed by atoms with van der Waals surface area (Å²) in [5.74, 6) is 0.908. The fraction of sp³-hybridized carbons (Fsp3) is 0.310. The van der Waals surface area contributed by atoms with Crippen LogP contribution >= 0.6 is 0 Å². The first-order valence-electron chi connectivity index (χ1n) is 12.0. The molecule has 2 amide bonds. The number of nitrogens with one attached hydrogen (secondary N) is 1. The highest BCUT2D eigenvalue weighted by Gasteiger charge is 2.26. The number of nitrogens with zero attached hydrogens (tertiary/aromatic N) is 1. The van der Waals surface area contributed by atoms with E-state index in [4.69, 9.17) is 4.74 Å². The third-order valence-electron chi connectivity index (χ3n) is 6.55. The Bertz CT molecular complexity index is 1120. The predicted molar refractivity (Wildman–Crippen MR) is 134 cm³/mol. The van der Waals surface area contributed by atoms with Gasteiger partial charge in [-0.1, -0.05) is 43.3 Å². The van der Waals surface area contributed by atoms with Crippen molar-refractivity contribution in [1.29, 1.82) is 0 Å². The number of ether oxygens (including phenoxy) is 1. The Morgan fingerprint density at radius 1 is 0.971 bits per heavy atom. The summed E-state index contributed by atoms with van der Waals surface area (Å²) in [4.78, 5) is 27.8. The molecule has 1 fully saturated rings. The highest BCUT2D eigenvalue weighted by molar-refractivity contribution is 5.95. The Morgan fingerprint density at radius 2 is 1.71 bits per heavy atom. The van der Waals surface area contributed by atoms with Gasteiger partial charge in [0.15, 0.2) is 0 Å². The fourth-order valence-electron chi connectivity index (χ4n) is 4.46. The van der Waals surface area contributed by atoms with Gasteiger partial charge in [0.2, 0.25) is 0 Å². The van der Waals surface area contributed by atoms with Crippen molar-refractivity contribution in [2.75, 3.05) is 20.2 Å². The summed E-state index contributed by atoms with van der Waals surface area (Å²) in [7, 11) is 1.62. The topological polar surface area (TPSA) is 58.6 Å². The van der Waals surface area contributed by atoms with Gasteiger partial charge < -0.3 is 15.0 Å². The summed E-state index contributed by atoms with van der Waals surface area (Å²) in [6.45, 7) is 4.03. The molecule has 1 atom stereocenters. The number of carbonyl (C=O) groups excluding carboxylic acids is 2. The Kier molecular flexibility index (Phi) is 7.63. The quantitative estimate of drug-likeness (QED) is 0.531. The minimum Gasteiger partial charge on any atom is -0.497 e. The number of aryl methyl sites for hydroxylation is 1. The molecule has 34 heavy (non-hydrogen) atoms. The van der Waals surface area contributed by atoms with E-state index in [0.29, 0.717) is 24.2 Å². The summed E-state index contributed by atoms with van der Waals surface area (Å²) >= 11 is 0. The lowest BCUT2D eigenvalue weighted by atomic mass is 9.89. The van der Waals surface area contributed by atoms with Crippen molar-refractivity contribution in [2.24, 2.45) is 0 Å². The third kappa shape index (κ3) is 5.66. The predicted octanol–water partition coefficient (Wildman–Crippen LogP) is 5.21. The van der Waals surface area contributed by atoms with E-state index < -0.39 is 0 Å². The number of methoxy groups -OCH3 is 1. The van der Waals surface area contributed by atoms with Crippen LogP contribution < -0.4 is 10.1 Å². The van der Waals surface area contributed by atoms with Gasteiger partial charge in [-0.15, -0.1) is 0 Å². The van der Waals surface area contributed by atoms with Gasteiger partial charge in [-0.2, -0.15) is 0 Å². The van der Waals surface area contributed by atoms with Crippen LogP contribution in [0.4, 0.5) is 0 Å². The van der Waals surface area contributed by atoms with Gasteiger partial charge in [0.1, 0.15) is 5.75 Å². The molecule has 0 unspecified atom stereocenters. The molecular weight excluding hydrogens is 424 g/mol. The molecule has 1 saturated heterocycles. The summed E-state index contributed by atoms with van der Waals surface area (Å²) in [5.41, 5.74) is 4.80. The molecule has 0 aromatic heterocycles. The Labute approximate surface area is 201 Å². The molecule has 3 aromatic carbocycles. The van der Waals surface area contributed by atoms with Gasteiger partial charge in [0.05, 0.1) is 7.11 Å². The first kappa shape index (κ1) is 23.6. The van der Waals surface area contributed by atoms with Crippen molar-refractivity contribution in [3.63, 3.8) is 0 Å². The number of benzene rings is 3. The van der Waals surface area contributed by atoms with Crippen LogP contribution in [0.2, 0.25) is 0 Å². The SMILES string of the molecule is CCc1ccc(CNC(=O)c2cccc([C@H]3CCCN(C(=O)c4ccc(OC)cc4)C3)c2)cc1. The molecule has 1 N–H and O–H groups in total. The minimum absolute atomic E-state index is 0.0374. The van der Waals surface area contributed by atoms with Gasteiger partial charge in [0, 0.05) is 36.7 Å². The number of hydrogen-bond donors (Lipinski definition) is 1. The van der Waals surface area contributed by atoms with Gasteiger partial charge in [-0.25, -0.2) is 0 Å². The number of carbonyl (C=O) groups is 2. The number of amides is 2. The summed E-state index contributed by atoms with van der Waals surface area (Å²) in [5, 5.41) is 3.03. The maximum atomic E-state index is 13.0. The van der Waals surface area contributed by atoms with Gasteiger partial charge in [-0.05, 0) is 72.4 Å². The van der Waals surface area contributed by atoms with Gasteiger partial charge in [0.25, 0.3) is 11.8 Å². The Balaban J connectivity index is 1.39. The average molecular weight is 457 g/mol. The molecule has 5 nitrogen and oxygen atoms in total. The largest absolute Gasteiger partial charge is 0.497 e. The summed E-state index contributed by atoms with van der Waals surface area (Å²) < 4.78 is 5.19. The van der Waals surface area contributed by atoms with E-state index in [1.54, 1.807) is 7.11 Å². The molecule has 0 aliphatic carbocycles. The zero-order chi connectivity index (χ0) is 23.9. The molecule has 0 bridgehead atoms. The van der Waals surface area contributed by atoms with E-state index in [9.17, 15) is 9.59 Å². The van der Waals surface area contributed by atoms with Gasteiger partial charge in [-0.3, -0.25) is 9.59 Å².